The summed E-state index contributed by atoms with van der Waals surface area (Å²) < 4.78 is 0. The Balaban J connectivity index is 1.83. The van der Waals surface area contributed by atoms with Crippen LogP contribution in [0.4, 0.5) is 0 Å². The van der Waals surface area contributed by atoms with Crippen LogP contribution in [0.5, 0.6) is 0 Å². The van der Waals surface area contributed by atoms with Gasteiger partial charge < -0.3 is 5.11 Å². The van der Waals surface area contributed by atoms with Crippen LogP contribution >= 0.6 is 0 Å². The maximum atomic E-state index is 13.2. The molecule has 25 heavy (non-hydrogen) atoms. The van der Waals surface area contributed by atoms with Crippen LogP contribution in [0.1, 0.15) is 40.0 Å². The first-order valence-corrected chi connectivity index (χ1v) is 9.03. The van der Waals surface area contributed by atoms with Gasteiger partial charge in [-0.15, -0.1) is 0 Å². The molecular weight excluding hydrogens is 316 g/mol. The molecule has 0 bridgehead atoms. The molecule has 132 valence electrons. The number of ketones is 3. The molecule has 2 fully saturated rings. The fourth-order valence-corrected chi connectivity index (χ4v) is 6.08. The summed E-state index contributed by atoms with van der Waals surface area (Å²) in [6, 6.07) is 0. The van der Waals surface area contributed by atoms with Crippen molar-refractivity contribution in [3.8, 4) is 0 Å². The van der Waals surface area contributed by atoms with Crippen LogP contribution < -0.4 is 0 Å². The van der Waals surface area contributed by atoms with Crippen molar-refractivity contribution in [1.82, 2.24) is 0 Å². The number of carbonyl (C=O) groups excluding carboxylic acids is 3. The highest BCUT2D eigenvalue weighted by atomic mass is 16.3. The van der Waals surface area contributed by atoms with Crippen molar-refractivity contribution in [2.24, 2.45) is 28.6 Å². The van der Waals surface area contributed by atoms with Crippen LogP contribution in [0.25, 0.3) is 0 Å². The first-order valence-electron chi connectivity index (χ1n) is 9.03. The molecule has 0 radical (unpaired) electrons. The molecule has 0 saturated heterocycles. The largest absolute Gasteiger partial charge is 0.381 e. The Labute approximate surface area is 147 Å². The van der Waals surface area contributed by atoms with Gasteiger partial charge in [-0.25, -0.2) is 0 Å². The SMILES string of the molecule is CC(=O)[C@@]1(O)CC[C@H]2[C@@H]3C=CC4=CC(=O)C=C[C@]4(C)[C@H]3C(=O)C[C@@]21C. The molecule has 6 atom stereocenters. The second-order valence-corrected chi connectivity index (χ2v) is 8.65. The molecule has 0 aliphatic heterocycles. The second-order valence-electron chi connectivity index (χ2n) is 8.65. The maximum absolute atomic E-state index is 13.2. The quantitative estimate of drug-likeness (QED) is 0.796. The highest BCUT2D eigenvalue weighted by molar-refractivity contribution is 6.02. The van der Waals surface area contributed by atoms with Gasteiger partial charge in [0.05, 0.1) is 0 Å². The highest BCUT2D eigenvalue weighted by Crippen LogP contribution is 2.64. The van der Waals surface area contributed by atoms with Gasteiger partial charge in [0.15, 0.2) is 11.6 Å². The minimum Gasteiger partial charge on any atom is -0.381 e. The van der Waals surface area contributed by atoms with Gasteiger partial charge in [-0.3, -0.25) is 14.4 Å². The molecule has 4 rings (SSSR count). The Hall–Kier alpha value is -1.81. The van der Waals surface area contributed by atoms with Crippen molar-refractivity contribution in [3.63, 3.8) is 0 Å². The fraction of sp³-hybridized carbons (Fsp3) is 0.571. The Morgan fingerprint density at radius 1 is 1.24 bits per heavy atom. The molecule has 2 saturated carbocycles. The van der Waals surface area contributed by atoms with Crippen LogP contribution in [0.3, 0.4) is 0 Å². The zero-order chi connectivity index (χ0) is 18.2. The van der Waals surface area contributed by atoms with Gasteiger partial charge in [0.25, 0.3) is 0 Å². The van der Waals surface area contributed by atoms with Crippen molar-refractivity contribution < 1.29 is 19.5 Å². The monoisotopic (exact) mass is 340 g/mol. The van der Waals surface area contributed by atoms with Crippen LogP contribution in [-0.2, 0) is 14.4 Å². The number of carbonyl (C=O) groups is 3. The molecule has 4 nitrogen and oxygen atoms in total. The van der Waals surface area contributed by atoms with E-state index in [1.165, 1.54) is 6.92 Å². The van der Waals surface area contributed by atoms with Crippen molar-refractivity contribution in [2.75, 3.05) is 0 Å². The van der Waals surface area contributed by atoms with Crippen LogP contribution in [0, 0.1) is 28.6 Å². The van der Waals surface area contributed by atoms with Gasteiger partial charge in [0, 0.05) is 23.2 Å². The molecule has 0 spiro atoms. The fourth-order valence-electron chi connectivity index (χ4n) is 6.08. The van der Waals surface area contributed by atoms with E-state index in [1.807, 2.05) is 32.1 Å². The number of hydrogen-bond donors (Lipinski definition) is 1. The molecule has 4 aliphatic carbocycles. The zero-order valence-electron chi connectivity index (χ0n) is 14.9. The van der Waals surface area contributed by atoms with Gasteiger partial charge in [0.1, 0.15) is 11.4 Å². The van der Waals surface area contributed by atoms with Crippen molar-refractivity contribution in [3.05, 3.63) is 36.0 Å². The van der Waals surface area contributed by atoms with E-state index in [9.17, 15) is 19.5 Å². The molecule has 4 aliphatic rings. The maximum Gasteiger partial charge on any atom is 0.178 e. The lowest BCUT2D eigenvalue weighted by Gasteiger charge is -2.54. The van der Waals surface area contributed by atoms with E-state index >= 15 is 0 Å². The van der Waals surface area contributed by atoms with Crippen molar-refractivity contribution >= 4 is 17.3 Å². The Kier molecular flexibility index (Phi) is 3.25. The minimum absolute atomic E-state index is 0.0142. The predicted molar refractivity (Wildman–Crippen MR) is 92.5 cm³/mol. The summed E-state index contributed by atoms with van der Waals surface area (Å²) in [7, 11) is 0. The lowest BCUT2D eigenvalue weighted by atomic mass is 9.48. The standard InChI is InChI=1S/C21H24O4/c1-12(22)21(25)9-7-16-15-5-4-13-10-14(23)6-8-19(13,2)18(15)17(24)11-20(16,21)3/h4-6,8,10,15-16,18,25H,7,9,11H2,1-3H3/t15-,16-,18+,19-,20-,21-/m0/s1. The average molecular weight is 340 g/mol. The molecule has 0 heterocycles. The Morgan fingerprint density at radius 2 is 1.96 bits per heavy atom. The third-order valence-electron chi connectivity index (χ3n) is 7.56. The van der Waals surface area contributed by atoms with E-state index in [1.54, 1.807) is 12.2 Å². The number of hydrogen-bond acceptors (Lipinski definition) is 4. The van der Waals surface area contributed by atoms with Gasteiger partial charge in [-0.05, 0) is 49.3 Å². The normalized spacial score (nSPS) is 47.8. The van der Waals surface area contributed by atoms with E-state index < -0.39 is 16.4 Å². The lowest BCUT2D eigenvalue weighted by molar-refractivity contribution is -0.162. The van der Waals surface area contributed by atoms with Crippen LogP contribution in [-0.4, -0.2) is 28.1 Å². The van der Waals surface area contributed by atoms with E-state index in [0.717, 1.165) is 12.0 Å². The summed E-state index contributed by atoms with van der Waals surface area (Å²) >= 11 is 0. The highest BCUT2D eigenvalue weighted by Gasteiger charge is 2.67. The number of Topliss-reactive ketones (excluding diaryl/α,β-unsaturated/α-hetero) is 2. The summed E-state index contributed by atoms with van der Waals surface area (Å²) in [5.74, 6) is -0.360. The van der Waals surface area contributed by atoms with Crippen LogP contribution in [0.15, 0.2) is 36.0 Å². The van der Waals surface area contributed by atoms with E-state index in [4.69, 9.17) is 0 Å². The number of aliphatic hydroxyl groups is 1. The van der Waals surface area contributed by atoms with Crippen LogP contribution in [0.2, 0.25) is 0 Å². The van der Waals surface area contributed by atoms with E-state index in [-0.39, 0.29) is 41.5 Å². The molecule has 0 unspecified atom stereocenters. The van der Waals surface area contributed by atoms with Gasteiger partial charge >= 0.3 is 0 Å². The zero-order valence-corrected chi connectivity index (χ0v) is 14.9. The molecule has 0 aromatic heterocycles. The van der Waals surface area contributed by atoms with E-state index in [2.05, 4.69) is 0 Å². The minimum atomic E-state index is -1.42. The summed E-state index contributed by atoms with van der Waals surface area (Å²) in [6.45, 7) is 5.36. The topological polar surface area (TPSA) is 71.4 Å². The van der Waals surface area contributed by atoms with Crippen molar-refractivity contribution in [2.45, 2.75) is 45.6 Å². The number of fused-ring (bicyclic) bond motifs is 5. The smallest absolute Gasteiger partial charge is 0.178 e. The molecular formula is C21H24O4. The average Bonchev–Trinajstić information content (AvgIpc) is 2.80. The third kappa shape index (κ3) is 1.89. The summed E-state index contributed by atoms with van der Waals surface area (Å²) in [5.41, 5.74) is -1.73. The third-order valence-corrected chi connectivity index (χ3v) is 7.56. The molecule has 4 heteroatoms. The van der Waals surface area contributed by atoms with Crippen molar-refractivity contribution in [1.29, 1.82) is 0 Å². The van der Waals surface area contributed by atoms with E-state index in [0.29, 0.717) is 6.42 Å². The first-order chi connectivity index (χ1) is 11.6. The first kappa shape index (κ1) is 16.6. The lowest BCUT2D eigenvalue weighted by Crippen LogP contribution is -2.59. The number of rotatable bonds is 1. The molecule has 0 aromatic rings. The second kappa shape index (κ2) is 4.88. The van der Waals surface area contributed by atoms with Gasteiger partial charge in [-0.1, -0.05) is 32.1 Å². The molecule has 1 N–H and O–H groups in total. The summed E-state index contributed by atoms with van der Waals surface area (Å²) in [4.78, 5) is 37.2. The molecule has 0 amide bonds. The predicted octanol–water partition coefficient (Wildman–Crippen LogP) is 2.57. The Bertz CT molecular complexity index is 788. The van der Waals surface area contributed by atoms with Gasteiger partial charge in [-0.2, -0.15) is 0 Å². The van der Waals surface area contributed by atoms with Gasteiger partial charge in [0.2, 0.25) is 0 Å². The Morgan fingerprint density at radius 3 is 2.64 bits per heavy atom. The number of allylic oxidation sites excluding steroid dienone is 6. The molecule has 0 aromatic carbocycles. The summed E-state index contributed by atoms with van der Waals surface area (Å²) in [6.07, 6.45) is 10.4. The summed E-state index contributed by atoms with van der Waals surface area (Å²) in [5, 5.41) is 11.1.